The fourth-order valence-corrected chi connectivity index (χ4v) is 1.82. The van der Waals surface area contributed by atoms with Crippen LogP contribution in [0.4, 0.5) is 5.82 Å². The van der Waals surface area contributed by atoms with E-state index in [1.165, 1.54) is 6.33 Å². The standard InChI is InChI=1S/C12H19ClN4O/c1-5-8-9(13)15-6-16-10(8)17-12(4,7(2)3)11(14)18/h6-7H,5H2,1-4H3,(H2,14,18)(H,15,16,17). The maximum absolute atomic E-state index is 11.6. The van der Waals surface area contributed by atoms with Crippen molar-refractivity contribution in [2.45, 2.75) is 39.7 Å². The van der Waals surface area contributed by atoms with E-state index >= 15 is 0 Å². The number of hydrogen-bond donors (Lipinski definition) is 2. The van der Waals surface area contributed by atoms with Crippen molar-refractivity contribution in [3.05, 3.63) is 17.0 Å². The second-order valence-corrected chi connectivity index (χ2v) is 5.05. The summed E-state index contributed by atoms with van der Waals surface area (Å²) in [5, 5.41) is 3.50. The second-order valence-electron chi connectivity index (χ2n) is 4.69. The molecule has 0 spiro atoms. The van der Waals surface area contributed by atoms with Crippen molar-refractivity contribution >= 4 is 23.3 Å². The van der Waals surface area contributed by atoms with Gasteiger partial charge in [0.25, 0.3) is 0 Å². The van der Waals surface area contributed by atoms with Gasteiger partial charge in [-0.15, -0.1) is 0 Å². The van der Waals surface area contributed by atoms with Gasteiger partial charge in [-0.1, -0.05) is 32.4 Å². The first kappa shape index (κ1) is 14.7. The molecule has 3 N–H and O–H groups in total. The molecule has 0 aliphatic carbocycles. The molecule has 0 radical (unpaired) electrons. The van der Waals surface area contributed by atoms with Gasteiger partial charge in [0.1, 0.15) is 22.8 Å². The molecule has 1 heterocycles. The average Bonchev–Trinajstić information content (AvgIpc) is 2.28. The molecule has 0 saturated heterocycles. The van der Waals surface area contributed by atoms with E-state index < -0.39 is 11.4 Å². The highest BCUT2D eigenvalue weighted by Gasteiger charge is 2.35. The number of nitrogens with zero attached hydrogens (tertiary/aromatic N) is 2. The van der Waals surface area contributed by atoms with Crippen molar-refractivity contribution in [3.8, 4) is 0 Å². The van der Waals surface area contributed by atoms with Gasteiger partial charge in [0.2, 0.25) is 5.91 Å². The van der Waals surface area contributed by atoms with E-state index in [0.29, 0.717) is 17.4 Å². The number of hydrogen-bond acceptors (Lipinski definition) is 4. The van der Waals surface area contributed by atoms with Crippen molar-refractivity contribution in [3.63, 3.8) is 0 Å². The summed E-state index contributed by atoms with van der Waals surface area (Å²) in [6.45, 7) is 7.56. The molecule has 0 saturated carbocycles. The zero-order valence-corrected chi connectivity index (χ0v) is 11.9. The van der Waals surface area contributed by atoms with Gasteiger partial charge in [0, 0.05) is 5.56 Å². The van der Waals surface area contributed by atoms with Gasteiger partial charge >= 0.3 is 0 Å². The number of rotatable bonds is 5. The first-order valence-corrected chi connectivity index (χ1v) is 6.28. The molecule has 0 aromatic carbocycles. The Labute approximate surface area is 112 Å². The molecule has 1 aromatic heterocycles. The molecule has 1 atom stereocenters. The van der Waals surface area contributed by atoms with E-state index in [1.54, 1.807) is 6.92 Å². The Morgan fingerprint density at radius 2 is 2.17 bits per heavy atom. The molecule has 1 unspecified atom stereocenters. The summed E-state index contributed by atoms with van der Waals surface area (Å²) in [6, 6.07) is 0. The monoisotopic (exact) mass is 270 g/mol. The molecule has 1 aromatic rings. The lowest BCUT2D eigenvalue weighted by Crippen LogP contribution is -2.52. The highest BCUT2D eigenvalue weighted by Crippen LogP contribution is 2.26. The van der Waals surface area contributed by atoms with Crippen LogP contribution in [-0.4, -0.2) is 21.4 Å². The summed E-state index contributed by atoms with van der Waals surface area (Å²) in [6.07, 6.45) is 2.04. The van der Waals surface area contributed by atoms with E-state index in [4.69, 9.17) is 17.3 Å². The predicted octanol–water partition coefficient (Wildman–Crippen LogP) is 2.00. The van der Waals surface area contributed by atoms with Gasteiger partial charge in [-0.2, -0.15) is 0 Å². The Hall–Kier alpha value is -1.36. The topological polar surface area (TPSA) is 80.9 Å². The molecular weight excluding hydrogens is 252 g/mol. The van der Waals surface area contributed by atoms with Crippen LogP contribution in [0.25, 0.3) is 0 Å². The Balaban J connectivity index is 3.17. The fourth-order valence-electron chi connectivity index (χ4n) is 1.55. The van der Waals surface area contributed by atoms with Crippen molar-refractivity contribution < 1.29 is 4.79 Å². The Morgan fingerprint density at radius 1 is 1.56 bits per heavy atom. The third-order valence-corrected chi connectivity index (χ3v) is 3.62. The number of carbonyl (C=O) groups is 1. The number of halogens is 1. The van der Waals surface area contributed by atoms with Gasteiger partial charge in [0.15, 0.2) is 0 Å². The lowest BCUT2D eigenvalue weighted by molar-refractivity contribution is -0.123. The van der Waals surface area contributed by atoms with Crippen LogP contribution in [0.15, 0.2) is 6.33 Å². The summed E-state index contributed by atoms with van der Waals surface area (Å²) in [7, 11) is 0. The summed E-state index contributed by atoms with van der Waals surface area (Å²) in [4.78, 5) is 19.7. The van der Waals surface area contributed by atoms with Crippen molar-refractivity contribution in [1.29, 1.82) is 0 Å². The number of nitrogens with one attached hydrogen (secondary N) is 1. The highest BCUT2D eigenvalue weighted by atomic mass is 35.5. The normalized spacial score (nSPS) is 14.3. The van der Waals surface area contributed by atoms with Gasteiger partial charge in [0.05, 0.1) is 0 Å². The fraction of sp³-hybridized carbons (Fsp3) is 0.583. The number of nitrogens with two attached hydrogens (primary N) is 1. The Kier molecular flexibility index (Phi) is 4.51. The minimum Gasteiger partial charge on any atom is -0.368 e. The molecule has 100 valence electrons. The second kappa shape index (κ2) is 5.52. The summed E-state index contributed by atoms with van der Waals surface area (Å²) in [5.41, 5.74) is 5.38. The summed E-state index contributed by atoms with van der Waals surface area (Å²) in [5.74, 6) is 0.162. The molecule has 0 aliphatic rings. The van der Waals surface area contributed by atoms with Crippen molar-refractivity contribution in [2.24, 2.45) is 11.7 Å². The first-order chi connectivity index (χ1) is 8.32. The Morgan fingerprint density at radius 3 is 2.61 bits per heavy atom. The van der Waals surface area contributed by atoms with Crippen molar-refractivity contribution in [2.75, 3.05) is 5.32 Å². The number of primary amides is 1. The first-order valence-electron chi connectivity index (χ1n) is 5.90. The van der Waals surface area contributed by atoms with E-state index in [0.717, 1.165) is 5.56 Å². The quantitative estimate of drug-likeness (QED) is 0.802. The third-order valence-electron chi connectivity index (χ3n) is 3.29. The van der Waals surface area contributed by atoms with Gasteiger partial charge < -0.3 is 11.1 Å². The molecular formula is C12H19ClN4O. The maximum atomic E-state index is 11.6. The van der Waals surface area contributed by atoms with E-state index in [2.05, 4.69) is 15.3 Å². The van der Waals surface area contributed by atoms with Gasteiger partial charge in [-0.05, 0) is 19.3 Å². The third kappa shape index (κ3) is 2.72. The number of amides is 1. The lowest BCUT2D eigenvalue weighted by Gasteiger charge is -2.32. The number of carbonyl (C=O) groups excluding carboxylic acids is 1. The van der Waals surface area contributed by atoms with Crippen LogP contribution in [0, 0.1) is 5.92 Å². The largest absolute Gasteiger partial charge is 0.368 e. The van der Waals surface area contributed by atoms with Crippen LogP contribution in [0.1, 0.15) is 33.3 Å². The maximum Gasteiger partial charge on any atom is 0.243 e. The van der Waals surface area contributed by atoms with E-state index in [1.807, 2.05) is 20.8 Å². The van der Waals surface area contributed by atoms with Crippen molar-refractivity contribution in [1.82, 2.24) is 9.97 Å². The van der Waals surface area contributed by atoms with Crippen LogP contribution in [0.3, 0.4) is 0 Å². The van der Waals surface area contributed by atoms with Crippen LogP contribution in [0.5, 0.6) is 0 Å². The molecule has 18 heavy (non-hydrogen) atoms. The van der Waals surface area contributed by atoms with E-state index in [9.17, 15) is 4.79 Å². The molecule has 1 rings (SSSR count). The zero-order chi connectivity index (χ0) is 13.9. The molecule has 5 nitrogen and oxygen atoms in total. The Bertz CT molecular complexity index is 450. The van der Waals surface area contributed by atoms with Gasteiger partial charge in [-0.25, -0.2) is 9.97 Å². The van der Waals surface area contributed by atoms with Crippen LogP contribution >= 0.6 is 11.6 Å². The summed E-state index contributed by atoms with van der Waals surface area (Å²) < 4.78 is 0. The van der Waals surface area contributed by atoms with Crippen LogP contribution < -0.4 is 11.1 Å². The molecule has 0 fully saturated rings. The molecule has 6 heteroatoms. The van der Waals surface area contributed by atoms with Crippen LogP contribution in [-0.2, 0) is 11.2 Å². The molecule has 1 amide bonds. The minimum atomic E-state index is -0.873. The smallest absolute Gasteiger partial charge is 0.243 e. The van der Waals surface area contributed by atoms with Crippen LogP contribution in [0.2, 0.25) is 5.15 Å². The highest BCUT2D eigenvalue weighted by molar-refractivity contribution is 6.30. The average molecular weight is 271 g/mol. The zero-order valence-electron chi connectivity index (χ0n) is 11.1. The van der Waals surface area contributed by atoms with E-state index in [-0.39, 0.29) is 5.92 Å². The lowest BCUT2D eigenvalue weighted by atomic mass is 9.87. The number of aromatic nitrogens is 2. The predicted molar refractivity (Wildman–Crippen MR) is 72.5 cm³/mol. The molecule has 0 bridgehead atoms. The minimum absolute atomic E-state index is 0.0217. The summed E-state index contributed by atoms with van der Waals surface area (Å²) >= 11 is 6.01. The molecule has 0 aliphatic heterocycles. The SMILES string of the molecule is CCc1c(Cl)ncnc1NC(C)(C(N)=O)C(C)C. The number of anilines is 1. The van der Waals surface area contributed by atoms with Gasteiger partial charge in [-0.3, -0.25) is 4.79 Å².